The van der Waals surface area contributed by atoms with Gasteiger partial charge in [0.1, 0.15) is 12.2 Å². The van der Waals surface area contributed by atoms with E-state index in [4.69, 9.17) is 19.2 Å². The Labute approximate surface area is 209 Å². The van der Waals surface area contributed by atoms with Gasteiger partial charge in [0.25, 0.3) is 0 Å². The average Bonchev–Trinajstić information content (AvgIpc) is 2.91. The molecule has 0 heterocycles. The number of aliphatic hydroxyl groups is 3. The number of allylic oxidation sites excluding steroid dienone is 1. The second-order valence-corrected chi connectivity index (χ2v) is 11.1. The average molecular weight is 484 g/mol. The fraction of sp³-hybridized carbons (Fsp3) is 0.810. The first kappa shape index (κ1) is 28.3. The molecule has 3 saturated carbocycles. The van der Waals surface area contributed by atoms with Gasteiger partial charge in [-0.1, -0.05) is 19.4 Å². The van der Waals surface area contributed by atoms with E-state index >= 15 is 0 Å². The van der Waals surface area contributed by atoms with E-state index in [1.807, 2.05) is 6.92 Å². The summed E-state index contributed by atoms with van der Waals surface area (Å²) in [6.07, 6.45) is 5.74. The van der Waals surface area contributed by atoms with Crippen molar-refractivity contribution >= 4 is 48.9 Å². The number of fused-ring (bicyclic) bond motifs is 5. The van der Waals surface area contributed by atoms with Crippen LogP contribution in [0.1, 0.15) is 58.8 Å². The van der Waals surface area contributed by atoms with Crippen molar-refractivity contribution in [2.24, 2.45) is 28.6 Å². The van der Waals surface area contributed by atoms with Gasteiger partial charge in [-0.15, -0.1) is 0 Å². The fourth-order valence-corrected chi connectivity index (χ4v) is 7.28. The van der Waals surface area contributed by atoms with E-state index in [9.17, 15) is 24.9 Å². The fourth-order valence-electron chi connectivity index (χ4n) is 7.28. The summed E-state index contributed by atoms with van der Waals surface area (Å²) in [6, 6.07) is 0. The number of aliphatic hydroxyl groups excluding tert-OH is 2. The van der Waals surface area contributed by atoms with Crippen LogP contribution in [0.25, 0.3) is 0 Å². The van der Waals surface area contributed by atoms with Crippen LogP contribution >= 0.6 is 7.82 Å². The second kappa shape index (κ2) is 9.61. The number of phosphoric acid groups is 1. The van der Waals surface area contributed by atoms with Crippen molar-refractivity contribution in [1.29, 1.82) is 0 Å². The third-order valence-electron chi connectivity index (χ3n) is 8.65. The molecule has 0 unspecified atom stereocenters. The molecule has 11 heteroatoms. The van der Waals surface area contributed by atoms with Gasteiger partial charge in [0.15, 0.2) is 11.6 Å². The van der Waals surface area contributed by atoms with Crippen molar-refractivity contribution in [2.75, 3.05) is 6.61 Å². The van der Waals surface area contributed by atoms with Gasteiger partial charge >= 0.3 is 37.4 Å². The van der Waals surface area contributed by atoms with Crippen LogP contribution < -0.4 is 0 Å². The van der Waals surface area contributed by atoms with E-state index in [1.165, 1.54) is 5.57 Å². The summed E-state index contributed by atoms with van der Waals surface area (Å²) in [4.78, 5) is 45.8. The third-order valence-corrected chi connectivity index (χ3v) is 8.65. The molecule has 4 aliphatic rings. The number of rotatable bonds is 2. The van der Waals surface area contributed by atoms with Crippen molar-refractivity contribution < 1.29 is 44.2 Å². The molecule has 6 N–H and O–H groups in total. The first-order chi connectivity index (χ1) is 14.2. The zero-order valence-electron chi connectivity index (χ0n) is 17.9. The Balaban J connectivity index is 0.000000548. The molecule has 0 aromatic rings. The molecule has 4 aliphatic carbocycles. The number of ketones is 2. The van der Waals surface area contributed by atoms with E-state index < -0.39 is 37.3 Å². The first-order valence-corrected chi connectivity index (χ1v) is 12.3. The minimum absolute atomic E-state index is 0. The van der Waals surface area contributed by atoms with Crippen molar-refractivity contribution in [1.82, 2.24) is 0 Å². The molecule has 0 radical (unpaired) electrons. The number of hydrogen-bond donors (Lipinski definition) is 6. The zero-order chi connectivity index (χ0) is 23.4. The molecule has 0 bridgehead atoms. The summed E-state index contributed by atoms with van der Waals surface area (Å²) < 4.78 is 8.88. The molecule has 0 aliphatic heterocycles. The molecule has 0 spiro atoms. The van der Waals surface area contributed by atoms with Gasteiger partial charge in [-0.25, -0.2) is 4.57 Å². The van der Waals surface area contributed by atoms with Crippen LogP contribution in [0.5, 0.6) is 0 Å². The molecule has 7 atom stereocenters. The summed E-state index contributed by atoms with van der Waals surface area (Å²) in [5, 5.41) is 31.7. The van der Waals surface area contributed by atoms with Crippen molar-refractivity contribution in [2.45, 2.75) is 70.5 Å². The Morgan fingerprint density at radius 2 is 1.75 bits per heavy atom. The summed E-state index contributed by atoms with van der Waals surface area (Å²) in [5.74, 6) is 0.140. The molecular formula is C21H34NaO9P. The summed E-state index contributed by atoms with van der Waals surface area (Å²) in [7, 11) is -4.64. The summed E-state index contributed by atoms with van der Waals surface area (Å²) in [5.41, 5.74) is -1.23. The van der Waals surface area contributed by atoms with Crippen LogP contribution in [0.4, 0.5) is 0 Å². The van der Waals surface area contributed by atoms with Gasteiger partial charge in [0, 0.05) is 11.8 Å². The third kappa shape index (κ3) is 4.76. The molecule has 32 heavy (non-hydrogen) atoms. The van der Waals surface area contributed by atoms with Crippen LogP contribution in [0.15, 0.2) is 11.6 Å². The van der Waals surface area contributed by atoms with E-state index in [0.717, 1.165) is 25.7 Å². The Hall–Kier alpha value is 0.0700. The zero-order valence-corrected chi connectivity index (χ0v) is 18.8. The number of carbonyl (C=O) groups excluding carboxylic acids is 2. The number of carbonyl (C=O) groups is 2. The van der Waals surface area contributed by atoms with E-state index in [2.05, 4.69) is 6.92 Å². The monoisotopic (exact) mass is 484 g/mol. The maximum absolute atomic E-state index is 12.4. The standard InChI is InChI=1S/C21H30O5.Na.H3O4P.H/c1-19-7-5-13(23)9-12(19)3-4-14-15-6-8-21(26,17(25)11-22)20(15,2)10-16(24)18(14)19;;1-5(2,3)4;/h9,14-16,18,22,24,26H,3-8,10-11H2,1-2H3;;(H3,1,2,3,4);/t14-,15-,16-,18+,19-,20-,21-;;;/m0.../s1. The Kier molecular flexibility index (Phi) is 8.50. The van der Waals surface area contributed by atoms with E-state index in [1.54, 1.807) is 6.08 Å². The van der Waals surface area contributed by atoms with E-state index in [-0.39, 0.29) is 58.5 Å². The first-order valence-electron chi connectivity index (χ1n) is 10.7. The van der Waals surface area contributed by atoms with Gasteiger partial charge in [0.05, 0.1) is 6.10 Å². The summed E-state index contributed by atoms with van der Waals surface area (Å²) in [6.45, 7) is 3.46. The van der Waals surface area contributed by atoms with Gasteiger partial charge in [-0.05, 0) is 67.8 Å². The molecule has 0 saturated heterocycles. The number of Topliss-reactive ketones (excluding diaryl/α,β-unsaturated/α-hetero) is 1. The molecule has 0 amide bonds. The van der Waals surface area contributed by atoms with Crippen molar-refractivity contribution in [3.63, 3.8) is 0 Å². The van der Waals surface area contributed by atoms with Gasteiger partial charge in [0.2, 0.25) is 0 Å². The van der Waals surface area contributed by atoms with Crippen LogP contribution in [-0.4, -0.2) is 89.4 Å². The number of hydrogen-bond acceptors (Lipinski definition) is 6. The predicted molar refractivity (Wildman–Crippen MR) is 117 cm³/mol. The topological polar surface area (TPSA) is 173 Å². The van der Waals surface area contributed by atoms with Gasteiger partial charge < -0.3 is 30.0 Å². The normalized spacial score (nSPS) is 42.9. The molecule has 0 aromatic carbocycles. The molecule has 3 fully saturated rings. The second-order valence-electron chi connectivity index (χ2n) is 10.1. The molecular weight excluding hydrogens is 450 g/mol. The van der Waals surface area contributed by atoms with Crippen LogP contribution in [0.3, 0.4) is 0 Å². The Morgan fingerprint density at radius 3 is 2.31 bits per heavy atom. The van der Waals surface area contributed by atoms with Gasteiger partial charge in [-0.2, -0.15) is 0 Å². The Bertz CT molecular complexity index is 833. The van der Waals surface area contributed by atoms with Crippen LogP contribution in [0, 0.1) is 28.6 Å². The molecule has 178 valence electrons. The quantitative estimate of drug-likeness (QED) is 0.237. The minimum atomic E-state index is -4.64. The molecule has 4 rings (SSSR count). The maximum atomic E-state index is 12.4. The SMILES string of the molecule is C[C@]12CCC(=O)C=C1CC[C@@H]1[C@@H]2[C@@H](O)C[C@@]2(C)[C@H]1CC[C@]2(O)C(=O)CO.O=P(O)(O)O.[NaH]. The Morgan fingerprint density at radius 1 is 1.16 bits per heavy atom. The van der Waals surface area contributed by atoms with Crippen molar-refractivity contribution in [3.05, 3.63) is 11.6 Å². The van der Waals surface area contributed by atoms with Gasteiger partial charge in [-0.3, -0.25) is 9.59 Å². The molecule has 0 aromatic heterocycles. The van der Waals surface area contributed by atoms with Crippen molar-refractivity contribution in [3.8, 4) is 0 Å². The predicted octanol–water partition coefficient (Wildman–Crippen LogP) is 0.204. The van der Waals surface area contributed by atoms with Crippen LogP contribution in [0.2, 0.25) is 0 Å². The summed E-state index contributed by atoms with van der Waals surface area (Å²) >= 11 is 0. The van der Waals surface area contributed by atoms with E-state index in [0.29, 0.717) is 19.3 Å². The molecule has 9 nitrogen and oxygen atoms in total. The van der Waals surface area contributed by atoms with Crippen LogP contribution in [-0.2, 0) is 14.2 Å².